The molecule has 0 aliphatic rings. The second kappa shape index (κ2) is 6.56. The lowest BCUT2D eigenvalue weighted by molar-refractivity contribution is -0.146. The molecular weight excluding hydrogens is 233 g/mol. The summed E-state index contributed by atoms with van der Waals surface area (Å²) in [6, 6.07) is -0.283. The maximum atomic E-state index is 12.2. The van der Waals surface area contributed by atoms with Crippen molar-refractivity contribution in [1.29, 1.82) is 0 Å². The lowest BCUT2D eigenvalue weighted by Gasteiger charge is -2.32. The van der Waals surface area contributed by atoms with Gasteiger partial charge in [-0.25, -0.2) is 0 Å². The summed E-state index contributed by atoms with van der Waals surface area (Å²) in [6.07, 6.45) is -3.68. The van der Waals surface area contributed by atoms with Crippen LogP contribution in [0.5, 0.6) is 0 Å². The number of hydrogen-bond donors (Lipinski definition) is 1. The van der Waals surface area contributed by atoms with Crippen molar-refractivity contribution >= 4 is 0 Å². The molecule has 0 aliphatic heterocycles. The largest absolute Gasteiger partial charge is 0.401 e. The van der Waals surface area contributed by atoms with Crippen LogP contribution < -0.4 is 5.73 Å². The fourth-order valence-electron chi connectivity index (χ4n) is 1.42. The van der Waals surface area contributed by atoms with Gasteiger partial charge in [-0.2, -0.15) is 13.2 Å². The Morgan fingerprint density at radius 3 is 2.18 bits per heavy atom. The Hall–Kier alpha value is -0.330. The molecular formula is C11H23F3N2O. The summed E-state index contributed by atoms with van der Waals surface area (Å²) in [5, 5.41) is 0. The van der Waals surface area contributed by atoms with E-state index in [0.717, 1.165) is 0 Å². The normalized spacial score (nSPS) is 15.4. The quantitative estimate of drug-likeness (QED) is 0.757. The number of ether oxygens (including phenoxy) is 1. The van der Waals surface area contributed by atoms with Crippen molar-refractivity contribution in [3.05, 3.63) is 0 Å². The van der Waals surface area contributed by atoms with E-state index in [1.807, 2.05) is 13.8 Å². The Morgan fingerprint density at radius 2 is 1.82 bits per heavy atom. The molecule has 0 rings (SSSR count). The van der Waals surface area contributed by atoms with Crippen LogP contribution in [0.1, 0.15) is 27.2 Å². The molecule has 1 atom stereocenters. The molecule has 1 unspecified atom stereocenters. The van der Waals surface area contributed by atoms with Gasteiger partial charge in [0.05, 0.1) is 12.1 Å². The first-order chi connectivity index (χ1) is 7.62. The highest BCUT2D eigenvalue weighted by Crippen LogP contribution is 2.18. The zero-order chi connectivity index (χ0) is 13.7. The first kappa shape index (κ1) is 16.7. The Balaban J connectivity index is 4.16. The van der Waals surface area contributed by atoms with Crippen molar-refractivity contribution in [2.45, 2.75) is 45.0 Å². The van der Waals surface area contributed by atoms with E-state index in [4.69, 9.17) is 10.5 Å². The van der Waals surface area contributed by atoms with Crippen LogP contribution in [0.15, 0.2) is 0 Å². The van der Waals surface area contributed by atoms with Crippen LogP contribution in [0.3, 0.4) is 0 Å². The van der Waals surface area contributed by atoms with E-state index in [9.17, 15) is 13.2 Å². The van der Waals surface area contributed by atoms with Gasteiger partial charge < -0.3 is 10.5 Å². The van der Waals surface area contributed by atoms with Gasteiger partial charge in [-0.1, -0.05) is 6.92 Å². The van der Waals surface area contributed by atoms with E-state index in [-0.39, 0.29) is 6.04 Å². The fourth-order valence-corrected chi connectivity index (χ4v) is 1.42. The molecule has 0 amide bonds. The number of nitrogens with two attached hydrogens (primary N) is 1. The molecule has 0 fully saturated rings. The van der Waals surface area contributed by atoms with Gasteiger partial charge in [0.25, 0.3) is 0 Å². The molecule has 0 radical (unpaired) electrons. The molecule has 0 bridgehead atoms. The average molecular weight is 256 g/mol. The van der Waals surface area contributed by atoms with Crippen molar-refractivity contribution in [1.82, 2.24) is 4.90 Å². The standard InChI is InChI=1S/C11H23F3N2O/c1-5-16(8-11(12,13)14)7-6-9(15)10(2,3)17-4/h9H,5-8,15H2,1-4H3. The van der Waals surface area contributed by atoms with Crippen molar-refractivity contribution in [3.63, 3.8) is 0 Å². The van der Waals surface area contributed by atoms with Gasteiger partial charge in [0.1, 0.15) is 0 Å². The molecule has 0 heterocycles. The number of nitrogens with zero attached hydrogens (tertiary/aromatic N) is 1. The Labute approximate surface area is 101 Å². The minimum atomic E-state index is -4.16. The van der Waals surface area contributed by atoms with Crippen LogP contribution in [0, 0.1) is 0 Å². The van der Waals surface area contributed by atoms with Gasteiger partial charge in [0.15, 0.2) is 0 Å². The summed E-state index contributed by atoms with van der Waals surface area (Å²) >= 11 is 0. The lowest BCUT2D eigenvalue weighted by Crippen LogP contribution is -2.47. The van der Waals surface area contributed by atoms with Crippen LogP contribution in [0.4, 0.5) is 13.2 Å². The summed E-state index contributed by atoms with van der Waals surface area (Å²) in [6.45, 7) is 5.17. The lowest BCUT2D eigenvalue weighted by atomic mass is 9.96. The third-order valence-electron chi connectivity index (χ3n) is 3.03. The molecule has 0 saturated heterocycles. The van der Waals surface area contributed by atoms with Crippen LogP contribution in [0.25, 0.3) is 0 Å². The second-order valence-electron chi connectivity index (χ2n) is 4.69. The summed E-state index contributed by atoms with van der Waals surface area (Å²) in [5.41, 5.74) is 5.38. The topological polar surface area (TPSA) is 38.5 Å². The maximum absolute atomic E-state index is 12.2. The molecule has 3 nitrogen and oxygen atoms in total. The summed E-state index contributed by atoms with van der Waals surface area (Å²) in [4.78, 5) is 1.34. The third kappa shape index (κ3) is 6.85. The molecule has 0 aliphatic carbocycles. The SMILES string of the molecule is CCN(CCC(N)C(C)(C)OC)CC(F)(F)F. The van der Waals surface area contributed by atoms with Gasteiger partial charge in [-0.15, -0.1) is 0 Å². The van der Waals surface area contributed by atoms with Gasteiger partial charge in [-0.05, 0) is 26.8 Å². The monoisotopic (exact) mass is 256 g/mol. The smallest absolute Gasteiger partial charge is 0.377 e. The fraction of sp³-hybridized carbons (Fsp3) is 1.00. The summed E-state index contributed by atoms with van der Waals surface area (Å²) in [5.74, 6) is 0. The minimum Gasteiger partial charge on any atom is -0.377 e. The maximum Gasteiger partial charge on any atom is 0.401 e. The minimum absolute atomic E-state index is 0.283. The highest BCUT2D eigenvalue weighted by Gasteiger charge is 2.31. The van der Waals surface area contributed by atoms with Crippen LogP contribution >= 0.6 is 0 Å². The van der Waals surface area contributed by atoms with E-state index in [1.54, 1.807) is 14.0 Å². The number of alkyl halides is 3. The second-order valence-corrected chi connectivity index (χ2v) is 4.69. The van der Waals surface area contributed by atoms with Gasteiger partial charge in [0.2, 0.25) is 0 Å². The highest BCUT2D eigenvalue weighted by molar-refractivity contribution is 4.83. The zero-order valence-electron chi connectivity index (χ0n) is 11.0. The molecule has 0 aromatic heterocycles. The predicted molar refractivity (Wildman–Crippen MR) is 61.8 cm³/mol. The van der Waals surface area contributed by atoms with Gasteiger partial charge >= 0.3 is 6.18 Å². The van der Waals surface area contributed by atoms with E-state index in [2.05, 4.69) is 0 Å². The number of halogens is 3. The van der Waals surface area contributed by atoms with Crippen LogP contribution in [0.2, 0.25) is 0 Å². The zero-order valence-corrected chi connectivity index (χ0v) is 11.0. The van der Waals surface area contributed by atoms with Crippen LogP contribution in [-0.4, -0.2) is 49.5 Å². The molecule has 2 N–H and O–H groups in total. The Morgan fingerprint density at radius 1 is 1.29 bits per heavy atom. The third-order valence-corrected chi connectivity index (χ3v) is 3.03. The van der Waals surface area contributed by atoms with E-state index in [1.165, 1.54) is 4.90 Å². The predicted octanol–water partition coefficient (Wildman–Crippen LogP) is 2.01. The molecule has 104 valence electrons. The number of rotatable bonds is 7. The van der Waals surface area contributed by atoms with E-state index in [0.29, 0.717) is 19.5 Å². The molecule has 0 spiro atoms. The Bertz CT molecular complexity index is 219. The van der Waals surface area contributed by atoms with E-state index < -0.39 is 18.3 Å². The van der Waals surface area contributed by atoms with Crippen molar-refractivity contribution in [3.8, 4) is 0 Å². The number of methoxy groups -OCH3 is 1. The molecule has 0 aromatic carbocycles. The van der Waals surface area contributed by atoms with E-state index >= 15 is 0 Å². The summed E-state index contributed by atoms with van der Waals surface area (Å²) in [7, 11) is 1.55. The molecule has 0 aromatic rings. The van der Waals surface area contributed by atoms with Crippen molar-refractivity contribution in [2.75, 3.05) is 26.7 Å². The van der Waals surface area contributed by atoms with Crippen molar-refractivity contribution < 1.29 is 17.9 Å². The first-order valence-electron chi connectivity index (χ1n) is 5.72. The van der Waals surface area contributed by atoms with Gasteiger partial charge in [0, 0.05) is 19.7 Å². The summed E-state index contributed by atoms with van der Waals surface area (Å²) < 4.78 is 41.9. The Kier molecular flexibility index (Phi) is 6.43. The van der Waals surface area contributed by atoms with Crippen LogP contribution in [-0.2, 0) is 4.74 Å². The first-order valence-corrected chi connectivity index (χ1v) is 5.72. The average Bonchev–Trinajstić information content (AvgIpc) is 2.21. The molecule has 0 saturated carbocycles. The highest BCUT2D eigenvalue weighted by atomic mass is 19.4. The van der Waals surface area contributed by atoms with Crippen molar-refractivity contribution in [2.24, 2.45) is 5.73 Å². The van der Waals surface area contributed by atoms with Gasteiger partial charge in [-0.3, -0.25) is 4.90 Å². The number of hydrogen-bond acceptors (Lipinski definition) is 3. The molecule has 17 heavy (non-hydrogen) atoms. The molecule has 6 heteroatoms.